The van der Waals surface area contributed by atoms with Crippen molar-refractivity contribution in [3.63, 3.8) is 0 Å². The van der Waals surface area contributed by atoms with Crippen LogP contribution in [0.3, 0.4) is 0 Å². The maximum absolute atomic E-state index is 10.8. The van der Waals surface area contributed by atoms with Crippen LogP contribution in [0.1, 0.15) is 17.1 Å². The number of rotatable bonds is 5. The van der Waals surface area contributed by atoms with E-state index in [1.807, 2.05) is 18.2 Å². The predicted octanol–water partition coefficient (Wildman–Crippen LogP) is 4.97. The number of aromatic hydroxyl groups is 1. The summed E-state index contributed by atoms with van der Waals surface area (Å²) in [6.45, 7) is 0. The molecule has 8 heteroatoms. The summed E-state index contributed by atoms with van der Waals surface area (Å²) in [5, 5.41) is 20.6. The number of non-ortho nitro benzene ring substituents is 1. The van der Waals surface area contributed by atoms with Gasteiger partial charge >= 0.3 is 5.95 Å². The van der Waals surface area contributed by atoms with Crippen molar-refractivity contribution in [2.75, 3.05) is 0 Å². The van der Waals surface area contributed by atoms with Gasteiger partial charge in [-0.3, -0.25) is 15.1 Å². The van der Waals surface area contributed by atoms with Gasteiger partial charge in [0.25, 0.3) is 5.69 Å². The molecule has 0 fully saturated rings. The maximum Gasteiger partial charge on any atom is 0.312 e. The smallest absolute Gasteiger partial charge is 0.312 e. The third-order valence-electron chi connectivity index (χ3n) is 3.33. The Balaban J connectivity index is 1.79. The minimum Gasteiger partial charge on any atom is -0.479 e. The third-order valence-corrected chi connectivity index (χ3v) is 4.00. The molecule has 1 heterocycles. The van der Waals surface area contributed by atoms with Crippen molar-refractivity contribution in [3.05, 3.63) is 80.3 Å². The fourth-order valence-corrected chi connectivity index (χ4v) is 2.48. The van der Waals surface area contributed by atoms with Gasteiger partial charge in [-0.15, -0.1) is 0 Å². The zero-order valence-electron chi connectivity index (χ0n) is 13.2. The van der Waals surface area contributed by atoms with Gasteiger partial charge < -0.3 is 9.52 Å². The van der Waals surface area contributed by atoms with E-state index in [0.717, 1.165) is 4.47 Å². The Morgan fingerprint density at radius 3 is 2.77 bits per heavy atom. The summed E-state index contributed by atoms with van der Waals surface area (Å²) in [5.41, 5.74) is 1.46. The molecule has 3 aromatic rings. The first-order chi connectivity index (χ1) is 12.5. The molecule has 1 aromatic heterocycles. The summed E-state index contributed by atoms with van der Waals surface area (Å²) in [4.78, 5) is 18.7. The van der Waals surface area contributed by atoms with Crippen LogP contribution >= 0.6 is 15.9 Å². The molecule has 0 aliphatic rings. The largest absolute Gasteiger partial charge is 0.479 e. The van der Waals surface area contributed by atoms with Crippen molar-refractivity contribution in [2.24, 2.45) is 4.99 Å². The van der Waals surface area contributed by atoms with E-state index >= 15 is 0 Å². The Morgan fingerprint density at radius 1 is 1.19 bits per heavy atom. The van der Waals surface area contributed by atoms with E-state index in [4.69, 9.17) is 4.42 Å². The summed E-state index contributed by atoms with van der Waals surface area (Å²) in [6, 6.07) is 13.5. The van der Waals surface area contributed by atoms with Gasteiger partial charge in [0.15, 0.2) is 5.69 Å². The lowest BCUT2D eigenvalue weighted by atomic mass is 10.2. The highest BCUT2D eigenvalue weighted by Gasteiger charge is 2.09. The molecule has 130 valence electrons. The Kier molecular flexibility index (Phi) is 5.23. The number of hydrogen-bond donors (Lipinski definition) is 1. The number of hydrogen-bond acceptors (Lipinski definition) is 6. The highest BCUT2D eigenvalue weighted by Crippen LogP contribution is 2.25. The third kappa shape index (κ3) is 4.22. The molecule has 0 atom stereocenters. The summed E-state index contributed by atoms with van der Waals surface area (Å²) in [5.74, 6) is -0.206. The molecular weight excluding hydrogens is 402 g/mol. The van der Waals surface area contributed by atoms with E-state index in [0.29, 0.717) is 11.3 Å². The maximum atomic E-state index is 10.8. The van der Waals surface area contributed by atoms with E-state index in [2.05, 4.69) is 25.9 Å². The van der Waals surface area contributed by atoms with Crippen molar-refractivity contribution >= 4 is 45.7 Å². The van der Waals surface area contributed by atoms with E-state index in [9.17, 15) is 15.2 Å². The zero-order chi connectivity index (χ0) is 18.5. The van der Waals surface area contributed by atoms with Gasteiger partial charge in [-0.25, -0.2) is 4.98 Å². The monoisotopic (exact) mass is 413 g/mol. The number of halogens is 1. The molecule has 0 spiro atoms. The molecule has 0 saturated carbocycles. The van der Waals surface area contributed by atoms with Gasteiger partial charge in [0.1, 0.15) is 0 Å². The van der Waals surface area contributed by atoms with Crippen LogP contribution in [0.4, 0.5) is 11.4 Å². The lowest BCUT2D eigenvalue weighted by Gasteiger charge is -1.95. The van der Waals surface area contributed by atoms with Crippen molar-refractivity contribution in [1.82, 2.24) is 4.98 Å². The number of para-hydroxylation sites is 1. The van der Waals surface area contributed by atoms with Crippen LogP contribution in [0.2, 0.25) is 0 Å². The van der Waals surface area contributed by atoms with Gasteiger partial charge in [0, 0.05) is 22.7 Å². The Morgan fingerprint density at radius 2 is 2.00 bits per heavy atom. The first kappa shape index (κ1) is 17.6. The standard InChI is InChI=1S/C18H12BrN3O4/c19-14-6-1-2-7-15(14)20-11-16-18(23)26-17(21-16)9-8-12-4-3-5-13(10-12)22(24)25/h1-11,23H/b9-8+,20-11?. The number of oxazole rings is 1. The second-order valence-electron chi connectivity index (χ2n) is 5.14. The number of aromatic nitrogens is 1. The molecule has 0 radical (unpaired) electrons. The molecule has 0 saturated heterocycles. The van der Waals surface area contributed by atoms with Crippen LogP contribution in [-0.2, 0) is 0 Å². The lowest BCUT2D eigenvalue weighted by Crippen LogP contribution is -1.87. The molecule has 0 aliphatic heterocycles. The fraction of sp³-hybridized carbons (Fsp3) is 0. The van der Waals surface area contributed by atoms with Crippen LogP contribution < -0.4 is 0 Å². The second kappa shape index (κ2) is 7.75. The normalized spacial score (nSPS) is 11.4. The molecule has 0 bridgehead atoms. The summed E-state index contributed by atoms with van der Waals surface area (Å²) in [6.07, 6.45) is 4.51. The van der Waals surface area contributed by atoms with Crippen LogP contribution in [0, 0.1) is 10.1 Å². The van der Waals surface area contributed by atoms with Crippen LogP contribution in [0.5, 0.6) is 5.95 Å². The molecule has 7 nitrogen and oxygen atoms in total. The van der Waals surface area contributed by atoms with Gasteiger partial charge in [-0.1, -0.05) is 24.3 Å². The molecule has 0 amide bonds. The first-order valence-electron chi connectivity index (χ1n) is 7.44. The second-order valence-corrected chi connectivity index (χ2v) is 5.99. The average Bonchev–Trinajstić information content (AvgIpc) is 2.99. The quantitative estimate of drug-likeness (QED) is 0.361. The highest BCUT2D eigenvalue weighted by molar-refractivity contribution is 9.10. The van der Waals surface area contributed by atoms with Gasteiger partial charge in [-0.05, 0) is 39.7 Å². The van der Waals surface area contributed by atoms with Crippen LogP contribution in [0.25, 0.3) is 12.2 Å². The number of aliphatic imine (C=N–C) groups is 1. The van der Waals surface area contributed by atoms with Crippen molar-refractivity contribution < 1.29 is 14.4 Å². The molecule has 0 unspecified atom stereocenters. The van der Waals surface area contributed by atoms with Gasteiger partial charge in [0.05, 0.1) is 16.8 Å². The summed E-state index contributed by atoms with van der Waals surface area (Å²) in [7, 11) is 0. The first-order valence-corrected chi connectivity index (χ1v) is 8.23. The van der Waals surface area contributed by atoms with E-state index in [1.165, 1.54) is 24.4 Å². The highest BCUT2D eigenvalue weighted by atomic mass is 79.9. The van der Waals surface area contributed by atoms with Crippen molar-refractivity contribution in [3.8, 4) is 5.95 Å². The van der Waals surface area contributed by atoms with Crippen molar-refractivity contribution in [1.29, 1.82) is 0 Å². The molecule has 2 aromatic carbocycles. The number of nitro groups is 1. The SMILES string of the molecule is O=[N+]([O-])c1cccc(/C=C/c2nc(C=Nc3ccccc3Br)c(O)o2)c1. The van der Waals surface area contributed by atoms with Crippen molar-refractivity contribution in [2.45, 2.75) is 0 Å². The number of benzene rings is 2. The van der Waals surface area contributed by atoms with E-state index < -0.39 is 4.92 Å². The number of nitrogens with zero attached hydrogens (tertiary/aromatic N) is 3. The minimum atomic E-state index is -0.468. The van der Waals surface area contributed by atoms with Gasteiger partial charge in [0.2, 0.25) is 5.89 Å². The Hall–Kier alpha value is -3.26. The topological polar surface area (TPSA) is 102 Å². The predicted molar refractivity (Wildman–Crippen MR) is 102 cm³/mol. The van der Waals surface area contributed by atoms with Crippen LogP contribution in [-0.4, -0.2) is 21.2 Å². The number of nitro benzene ring substituents is 1. The fourth-order valence-electron chi connectivity index (χ4n) is 2.09. The van der Waals surface area contributed by atoms with E-state index in [-0.39, 0.29) is 23.2 Å². The summed E-state index contributed by atoms with van der Waals surface area (Å²) < 4.78 is 5.96. The van der Waals surface area contributed by atoms with E-state index in [1.54, 1.807) is 24.3 Å². The zero-order valence-corrected chi connectivity index (χ0v) is 14.8. The summed E-state index contributed by atoms with van der Waals surface area (Å²) >= 11 is 3.38. The Bertz CT molecular complexity index is 1010. The molecule has 26 heavy (non-hydrogen) atoms. The van der Waals surface area contributed by atoms with Crippen LogP contribution in [0.15, 0.2) is 62.4 Å². The minimum absolute atomic E-state index is 0.0105. The average molecular weight is 414 g/mol. The lowest BCUT2D eigenvalue weighted by molar-refractivity contribution is -0.384. The molecule has 0 aliphatic carbocycles. The molecule has 1 N–H and O–H groups in total. The molecule has 3 rings (SSSR count). The molecular formula is C18H12BrN3O4. The Labute approximate surface area is 156 Å². The van der Waals surface area contributed by atoms with Gasteiger partial charge in [-0.2, -0.15) is 0 Å².